The van der Waals surface area contributed by atoms with E-state index in [9.17, 15) is 19.5 Å². The van der Waals surface area contributed by atoms with Crippen molar-refractivity contribution < 1.29 is 19.5 Å². The van der Waals surface area contributed by atoms with Gasteiger partial charge in [0.1, 0.15) is 6.04 Å². The van der Waals surface area contributed by atoms with E-state index in [1.807, 2.05) is 31.2 Å². The number of nitrogens with zero attached hydrogens (tertiary/aromatic N) is 4. The van der Waals surface area contributed by atoms with E-state index < -0.39 is 22.6 Å². The number of hydrogen-bond acceptors (Lipinski definition) is 6. The maximum atomic E-state index is 14.7. The number of halogens is 1. The third kappa shape index (κ3) is 5.66. The largest absolute Gasteiger partial charge is 0.396 e. The van der Waals surface area contributed by atoms with Crippen LogP contribution in [0.15, 0.2) is 49.6 Å². The summed E-state index contributed by atoms with van der Waals surface area (Å²) in [6.07, 6.45) is 5.22. The summed E-state index contributed by atoms with van der Waals surface area (Å²) in [5.41, 5.74) is 1.82. The minimum Gasteiger partial charge on any atom is -0.396 e. The summed E-state index contributed by atoms with van der Waals surface area (Å²) in [4.78, 5) is 50.5. The van der Waals surface area contributed by atoms with Gasteiger partial charge in [-0.3, -0.25) is 14.4 Å². The molecule has 3 saturated heterocycles. The van der Waals surface area contributed by atoms with Crippen LogP contribution in [-0.2, 0) is 14.4 Å². The number of thioether (sulfide) groups is 1. The van der Waals surface area contributed by atoms with Gasteiger partial charge in [0, 0.05) is 67.3 Å². The zero-order valence-corrected chi connectivity index (χ0v) is 27.5. The number of aliphatic hydroxyl groups excluding tert-OH is 1. The number of anilines is 2. The Kier molecular flexibility index (Phi) is 10.9. The summed E-state index contributed by atoms with van der Waals surface area (Å²) in [7, 11) is 0. The van der Waals surface area contributed by atoms with Crippen LogP contribution in [0.5, 0.6) is 0 Å². The van der Waals surface area contributed by atoms with Gasteiger partial charge in [-0.2, -0.15) is 0 Å². The summed E-state index contributed by atoms with van der Waals surface area (Å²) in [5, 5.41) is 9.59. The van der Waals surface area contributed by atoms with E-state index in [1.54, 1.807) is 38.6 Å². The Morgan fingerprint density at radius 2 is 1.74 bits per heavy atom. The highest BCUT2D eigenvalue weighted by Gasteiger charge is 2.76. The van der Waals surface area contributed by atoms with Gasteiger partial charge in [-0.25, -0.2) is 0 Å². The summed E-state index contributed by atoms with van der Waals surface area (Å²) >= 11 is 5.49. The number of aliphatic hydroxyl groups is 1. The van der Waals surface area contributed by atoms with Crippen molar-refractivity contribution >= 4 is 56.8 Å². The van der Waals surface area contributed by atoms with Crippen molar-refractivity contribution in [2.45, 2.75) is 60.9 Å². The van der Waals surface area contributed by atoms with Crippen LogP contribution in [0, 0.1) is 11.8 Å². The van der Waals surface area contributed by atoms with E-state index in [0.29, 0.717) is 32.5 Å². The van der Waals surface area contributed by atoms with Crippen molar-refractivity contribution in [3.8, 4) is 0 Å². The topological polar surface area (TPSA) is 84.4 Å². The summed E-state index contributed by atoms with van der Waals surface area (Å²) in [6, 6.07) is 7.20. The molecule has 0 radical (unpaired) electrons. The van der Waals surface area contributed by atoms with Crippen LogP contribution < -0.4 is 9.80 Å². The predicted octanol–water partition coefficient (Wildman–Crippen LogP) is 4.32. The van der Waals surface area contributed by atoms with E-state index in [0.717, 1.165) is 30.9 Å². The molecule has 0 saturated carbocycles. The third-order valence-corrected chi connectivity index (χ3v) is 12.1. The molecule has 4 rings (SSSR count). The van der Waals surface area contributed by atoms with Gasteiger partial charge in [-0.05, 0) is 57.4 Å². The molecule has 230 valence electrons. The number of hydrogen-bond donors (Lipinski definition) is 1. The molecular formula is C32H45BrN4O4S. The number of likely N-dealkylation sites (tertiary alicyclic amines) is 1. The second-order valence-electron chi connectivity index (χ2n) is 11.3. The first-order chi connectivity index (χ1) is 20.2. The first kappa shape index (κ1) is 32.6. The molecule has 0 aromatic heterocycles. The maximum Gasteiger partial charge on any atom is 0.251 e. The molecule has 10 heteroatoms. The number of carbonyl (C=O) groups excluding carboxylic acids is 3. The van der Waals surface area contributed by atoms with Crippen molar-refractivity contribution in [3.63, 3.8) is 0 Å². The highest BCUT2D eigenvalue weighted by atomic mass is 79.9. The number of benzene rings is 1. The van der Waals surface area contributed by atoms with Gasteiger partial charge in [-0.1, -0.05) is 35.0 Å². The minimum absolute atomic E-state index is 0.00186. The van der Waals surface area contributed by atoms with Gasteiger partial charge in [0.05, 0.1) is 16.6 Å². The lowest BCUT2D eigenvalue weighted by atomic mass is 9.70. The first-order valence-electron chi connectivity index (χ1n) is 15.1. The fraction of sp³-hybridized carbons (Fsp3) is 0.594. The molecule has 1 aromatic carbocycles. The van der Waals surface area contributed by atoms with Gasteiger partial charge in [0.2, 0.25) is 11.8 Å². The van der Waals surface area contributed by atoms with E-state index >= 15 is 0 Å². The highest BCUT2D eigenvalue weighted by molar-refractivity contribution is 9.09. The Hall–Kier alpha value is -2.30. The van der Waals surface area contributed by atoms with Gasteiger partial charge in [-0.15, -0.1) is 24.9 Å². The Morgan fingerprint density at radius 1 is 1.10 bits per heavy atom. The standard InChI is InChI=1S/C32H45BrN4O4S/c1-6-16-35(17-7-2)29(39)25-26-30(40)37(19-11-20-38)28(32(26)21-24(33)27(25)42-32)31(41)36(18-8-3)23-14-12-22(13-15-23)34(9-4)10-5/h6,8,12-15,24-28,38H,1,3,7,9-11,16-21H2,2,4-5H3/t24?,25-,26+,27-,28?,32?/m1/s1. The Labute approximate surface area is 263 Å². The fourth-order valence-electron chi connectivity index (χ4n) is 7.13. The van der Waals surface area contributed by atoms with Crippen LogP contribution in [0.2, 0.25) is 0 Å². The van der Waals surface area contributed by atoms with Crippen molar-refractivity contribution in [3.05, 3.63) is 49.6 Å². The van der Waals surface area contributed by atoms with E-state index in [4.69, 9.17) is 0 Å². The lowest BCUT2D eigenvalue weighted by Crippen LogP contribution is -2.56. The molecule has 6 atom stereocenters. The lowest BCUT2D eigenvalue weighted by molar-refractivity contribution is -0.143. The minimum atomic E-state index is -0.754. The molecule has 0 aliphatic carbocycles. The summed E-state index contributed by atoms with van der Waals surface area (Å²) in [5.74, 6) is -1.48. The van der Waals surface area contributed by atoms with Crippen molar-refractivity contribution in [1.82, 2.24) is 9.80 Å². The molecule has 1 spiro atoms. The van der Waals surface area contributed by atoms with Crippen molar-refractivity contribution in [2.24, 2.45) is 11.8 Å². The molecular weight excluding hydrogens is 616 g/mol. The van der Waals surface area contributed by atoms with Crippen LogP contribution in [0.1, 0.15) is 40.0 Å². The van der Waals surface area contributed by atoms with Gasteiger partial charge >= 0.3 is 0 Å². The van der Waals surface area contributed by atoms with Crippen LogP contribution >= 0.6 is 27.7 Å². The Morgan fingerprint density at radius 3 is 2.31 bits per heavy atom. The third-order valence-electron chi connectivity index (χ3n) is 8.89. The second kappa shape index (κ2) is 14.0. The Balaban J connectivity index is 1.75. The lowest BCUT2D eigenvalue weighted by Gasteiger charge is -2.38. The monoisotopic (exact) mass is 660 g/mol. The van der Waals surface area contributed by atoms with Crippen LogP contribution in [0.3, 0.4) is 0 Å². The van der Waals surface area contributed by atoms with Crippen molar-refractivity contribution in [1.29, 1.82) is 0 Å². The molecule has 3 aliphatic heterocycles. The number of amides is 3. The van der Waals surface area contributed by atoms with Crippen molar-refractivity contribution in [2.75, 3.05) is 55.7 Å². The van der Waals surface area contributed by atoms with Gasteiger partial charge in [0.25, 0.3) is 5.91 Å². The van der Waals surface area contributed by atoms with E-state index in [-0.39, 0.29) is 41.0 Å². The number of rotatable bonds is 15. The maximum absolute atomic E-state index is 14.7. The molecule has 3 unspecified atom stereocenters. The number of fused-ring (bicyclic) bond motifs is 1. The molecule has 3 amide bonds. The highest BCUT2D eigenvalue weighted by Crippen LogP contribution is 2.68. The van der Waals surface area contributed by atoms with E-state index in [2.05, 4.69) is 47.8 Å². The fourth-order valence-corrected chi connectivity index (χ4v) is 10.7. The zero-order chi connectivity index (χ0) is 30.6. The Bertz CT molecular complexity index is 1160. The molecule has 42 heavy (non-hydrogen) atoms. The summed E-state index contributed by atoms with van der Waals surface area (Å²) in [6.45, 7) is 17.3. The second-order valence-corrected chi connectivity index (χ2v) is 14.0. The number of alkyl halides is 1. The van der Waals surface area contributed by atoms with Gasteiger partial charge < -0.3 is 24.7 Å². The molecule has 3 fully saturated rings. The summed E-state index contributed by atoms with van der Waals surface area (Å²) < 4.78 is -0.741. The van der Waals surface area contributed by atoms with Crippen LogP contribution in [0.25, 0.3) is 0 Å². The molecule has 1 aromatic rings. The van der Waals surface area contributed by atoms with Crippen LogP contribution in [-0.4, -0.2) is 99.4 Å². The molecule has 8 nitrogen and oxygen atoms in total. The molecule has 3 aliphatic rings. The van der Waals surface area contributed by atoms with Gasteiger partial charge in [0.15, 0.2) is 0 Å². The number of carbonyl (C=O) groups is 3. The average Bonchev–Trinajstić information content (AvgIpc) is 3.58. The SMILES string of the molecule is C=CCN(CCC)C(=O)[C@H]1[C@@H]2SC3(CC2Br)C(C(=O)N(CC=C)c2ccc(N(CC)CC)cc2)N(CCCO)C(=O)[C@H]13. The zero-order valence-electron chi connectivity index (χ0n) is 25.1. The molecule has 1 N–H and O–H groups in total. The normalized spacial score (nSPS) is 27.6. The average molecular weight is 662 g/mol. The molecule has 3 heterocycles. The smallest absolute Gasteiger partial charge is 0.251 e. The first-order valence-corrected chi connectivity index (χ1v) is 16.9. The van der Waals surface area contributed by atoms with E-state index in [1.165, 1.54) is 0 Å². The predicted molar refractivity (Wildman–Crippen MR) is 175 cm³/mol. The quantitative estimate of drug-likeness (QED) is 0.223. The van der Waals surface area contributed by atoms with Crippen LogP contribution in [0.4, 0.5) is 11.4 Å². The molecule has 2 bridgehead atoms.